The molecule has 0 spiro atoms. The maximum Gasteiger partial charge on any atom is 0.320 e. The van der Waals surface area contributed by atoms with Gasteiger partial charge in [0.2, 0.25) is 0 Å². The number of halogens is 1. The van der Waals surface area contributed by atoms with E-state index in [1.807, 2.05) is 36.4 Å². The predicted molar refractivity (Wildman–Crippen MR) is 118 cm³/mol. The minimum atomic E-state index is -0.203. The molecule has 2 aromatic rings. The van der Waals surface area contributed by atoms with Crippen LogP contribution in [0.4, 0.5) is 16.2 Å². The Morgan fingerprint density at radius 3 is 2.48 bits per heavy atom. The highest BCUT2D eigenvalue weighted by molar-refractivity contribution is 6.36. The first kappa shape index (κ1) is 21.0. The monoisotopic (exact) mass is 414 g/mol. The van der Waals surface area contributed by atoms with Crippen LogP contribution in [0, 0.1) is 5.92 Å². The molecule has 0 bridgehead atoms. The Kier molecular flexibility index (Phi) is 6.64. The van der Waals surface area contributed by atoms with E-state index >= 15 is 0 Å². The second-order valence-electron chi connectivity index (χ2n) is 7.63. The molecular formula is C22H27ClN4O2. The van der Waals surface area contributed by atoms with Gasteiger partial charge in [0, 0.05) is 32.7 Å². The summed E-state index contributed by atoms with van der Waals surface area (Å²) < 4.78 is 0. The van der Waals surface area contributed by atoms with E-state index in [9.17, 15) is 9.59 Å². The van der Waals surface area contributed by atoms with Crippen LogP contribution in [0.15, 0.2) is 36.4 Å². The molecule has 1 saturated carbocycles. The van der Waals surface area contributed by atoms with Gasteiger partial charge in [-0.25, -0.2) is 4.79 Å². The zero-order chi connectivity index (χ0) is 21.0. The van der Waals surface area contributed by atoms with Gasteiger partial charge < -0.3 is 25.6 Å². The van der Waals surface area contributed by atoms with Crippen molar-refractivity contribution in [3.05, 3.63) is 47.0 Å². The summed E-state index contributed by atoms with van der Waals surface area (Å²) in [5.41, 5.74) is 10.4. The standard InChI is InChI=1S/C22H27ClN4O2/c1-26(2)22(29)27(11-12-28)14-16-5-7-17(8-6-16)18-9-10-19(21(24)20(18)23)25-13-15-3-4-15/h5-10,12,15,25H,3-4,11,13-14,24H2,1-2H3. The van der Waals surface area contributed by atoms with Crippen molar-refractivity contribution in [1.29, 1.82) is 0 Å². The highest BCUT2D eigenvalue weighted by Gasteiger charge is 2.21. The van der Waals surface area contributed by atoms with E-state index in [1.165, 1.54) is 22.6 Å². The van der Waals surface area contributed by atoms with Gasteiger partial charge in [0.05, 0.1) is 22.9 Å². The lowest BCUT2D eigenvalue weighted by molar-refractivity contribution is -0.108. The van der Waals surface area contributed by atoms with E-state index < -0.39 is 0 Å². The van der Waals surface area contributed by atoms with Crippen molar-refractivity contribution in [2.75, 3.05) is 38.2 Å². The quantitative estimate of drug-likeness (QED) is 0.503. The molecule has 7 heteroatoms. The zero-order valence-corrected chi connectivity index (χ0v) is 17.6. The van der Waals surface area contributed by atoms with Crippen molar-refractivity contribution in [3.63, 3.8) is 0 Å². The highest BCUT2D eigenvalue weighted by atomic mass is 35.5. The Balaban J connectivity index is 1.74. The van der Waals surface area contributed by atoms with E-state index in [2.05, 4.69) is 5.32 Å². The van der Waals surface area contributed by atoms with E-state index in [0.717, 1.165) is 41.1 Å². The van der Waals surface area contributed by atoms with Crippen molar-refractivity contribution in [3.8, 4) is 11.1 Å². The Labute approximate surface area is 176 Å². The molecule has 29 heavy (non-hydrogen) atoms. The third-order valence-corrected chi connectivity index (χ3v) is 5.45. The minimum Gasteiger partial charge on any atom is -0.396 e. The maximum atomic E-state index is 12.2. The molecule has 0 unspecified atom stereocenters. The van der Waals surface area contributed by atoms with Crippen LogP contribution in [0.2, 0.25) is 5.02 Å². The number of nitrogens with two attached hydrogens (primary N) is 1. The van der Waals surface area contributed by atoms with Gasteiger partial charge in [-0.05, 0) is 36.0 Å². The van der Waals surface area contributed by atoms with Crippen LogP contribution >= 0.6 is 11.6 Å². The van der Waals surface area contributed by atoms with Crippen LogP contribution in [-0.4, -0.2) is 49.3 Å². The van der Waals surface area contributed by atoms with E-state index in [4.69, 9.17) is 17.3 Å². The number of benzene rings is 2. The topological polar surface area (TPSA) is 78.7 Å². The molecule has 3 N–H and O–H groups in total. The fourth-order valence-corrected chi connectivity index (χ4v) is 3.41. The number of carbonyl (C=O) groups is 2. The number of nitrogens with zero attached hydrogens (tertiary/aromatic N) is 2. The third-order valence-electron chi connectivity index (χ3n) is 5.04. The number of urea groups is 1. The van der Waals surface area contributed by atoms with Gasteiger partial charge in [-0.3, -0.25) is 0 Å². The Hall–Kier alpha value is -2.73. The highest BCUT2D eigenvalue weighted by Crippen LogP contribution is 2.38. The van der Waals surface area contributed by atoms with Gasteiger partial charge in [0.1, 0.15) is 6.29 Å². The van der Waals surface area contributed by atoms with Crippen molar-refractivity contribution < 1.29 is 9.59 Å². The fourth-order valence-electron chi connectivity index (χ4n) is 3.14. The molecule has 0 radical (unpaired) electrons. The van der Waals surface area contributed by atoms with Gasteiger partial charge in [0.15, 0.2) is 0 Å². The number of hydrogen-bond donors (Lipinski definition) is 2. The van der Waals surface area contributed by atoms with Crippen LogP contribution in [0.3, 0.4) is 0 Å². The van der Waals surface area contributed by atoms with Gasteiger partial charge in [-0.15, -0.1) is 0 Å². The number of nitrogen functional groups attached to an aromatic ring is 1. The summed E-state index contributed by atoms with van der Waals surface area (Å²) in [7, 11) is 3.33. The van der Waals surface area contributed by atoms with Crippen molar-refractivity contribution >= 4 is 35.3 Å². The van der Waals surface area contributed by atoms with E-state index in [0.29, 0.717) is 17.3 Å². The first-order chi connectivity index (χ1) is 13.9. The molecule has 1 fully saturated rings. The summed E-state index contributed by atoms with van der Waals surface area (Å²) in [6.45, 7) is 1.34. The molecule has 3 rings (SSSR count). The SMILES string of the molecule is CN(C)C(=O)N(CC=O)Cc1ccc(-c2ccc(NCC3CC3)c(N)c2Cl)cc1. The Bertz CT molecular complexity index is 879. The number of nitrogens with one attached hydrogen (secondary N) is 1. The Morgan fingerprint density at radius 1 is 1.21 bits per heavy atom. The molecule has 0 heterocycles. The third kappa shape index (κ3) is 5.21. The van der Waals surface area contributed by atoms with Gasteiger partial charge in [-0.1, -0.05) is 41.9 Å². The fraction of sp³-hybridized carbons (Fsp3) is 0.364. The normalized spacial score (nSPS) is 13.1. The van der Waals surface area contributed by atoms with E-state index in [1.54, 1.807) is 14.1 Å². The van der Waals surface area contributed by atoms with Crippen molar-refractivity contribution in [2.24, 2.45) is 5.92 Å². The van der Waals surface area contributed by atoms with E-state index in [-0.39, 0.29) is 12.6 Å². The summed E-state index contributed by atoms with van der Waals surface area (Å²) in [4.78, 5) is 26.1. The molecule has 2 amide bonds. The first-order valence-electron chi connectivity index (χ1n) is 9.71. The van der Waals surface area contributed by atoms with Crippen LogP contribution in [-0.2, 0) is 11.3 Å². The van der Waals surface area contributed by atoms with Gasteiger partial charge >= 0.3 is 6.03 Å². The zero-order valence-electron chi connectivity index (χ0n) is 16.8. The predicted octanol–water partition coefficient (Wildman–Crippen LogP) is 4.09. The molecule has 154 valence electrons. The number of hydrogen-bond acceptors (Lipinski definition) is 4. The summed E-state index contributed by atoms with van der Waals surface area (Å²) in [5.74, 6) is 0.749. The van der Waals surface area contributed by atoms with Crippen LogP contribution in [0.5, 0.6) is 0 Å². The number of anilines is 2. The van der Waals surface area contributed by atoms with Crippen LogP contribution < -0.4 is 11.1 Å². The molecule has 0 atom stereocenters. The summed E-state index contributed by atoms with van der Waals surface area (Å²) >= 11 is 6.54. The van der Waals surface area contributed by atoms with Crippen LogP contribution in [0.25, 0.3) is 11.1 Å². The molecule has 2 aromatic carbocycles. The maximum absolute atomic E-state index is 12.2. The average molecular weight is 415 g/mol. The molecule has 0 aromatic heterocycles. The van der Waals surface area contributed by atoms with Gasteiger partial charge in [-0.2, -0.15) is 0 Å². The number of rotatable bonds is 8. The summed E-state index contributed by atoms with van der Waals surface area (Å²) in [6.07, 6.45) is 3.28. The van der Waals surface area contributed by atoms with Gasteiger partial charge in [0.25, 0.3) is 0 Å². The lowest BCUT2D eigenvalue weighted by Crippen LogP contribution is -2.39. The molecule has 1 aliphatic rings. The number of aldehydes is 1. The largest absolute Gasteiger partial charge is 0.396 e. The Morgan fingerprint density at radius 2 is 1.90 bits per heavy atom. The lowest BCUT2D eigenvalue weighted by atomic mass is 10.0. The van der Waals surface area contributed by atoms with Crippen molar-refractivity contribution in [2.45, 2.75) is 19.4 Å². The smallest absolute Gasteiger partial charge is 0.320 e. The number of carbonyl (C=O) groups excluding carboxylic acids is 2. The summed E-state index contributed by atoms with van der Waals surface area (Å²) in [6, 6.07) is 11.5. The summed E-state index contributed by atoms with van der Waals surface area (Å²) in [5, 5.41) is 3.91. The molecule has 1 aliphatic carbocycles. The van der Waals surface area contributed by atoms with Crippen LogP contribution in [0.1, 0.15) is 18.4 Å². The lowest BCUT2D eigenvalue weighted by Gasteiger charge is -2.24. The number of amides is 2. The van der Waals surface area contributed by atoms with Crippen molar-refractivity contribution in [1.82, 2.24) is 9.80 Å². The average Bonchev–Trinajstić information content (AvgIpc) is 3.53. The molecule has 6 nitrogen and oxygen atoms in total. The molecule has 0 aliphatic heterocycles. The minimum absolute atomic E-state index is 0.0520. The second-order valence-corrected chi connectivity index (χ2v) is 8.01. The second kappa shape index (κ2) is 9.18. The molecule has 0 saturated heterocycles. The first-order valence-corrected chi connectivity index (χ1v) is 10.1. The molecular weight excluding hydrogens is 388 g/mol.